The van der Waals surface area contributed by atoms with Crippen LogP contribution in [0.3, 0.4) is 0 Å². The minimum Gasteiger partial charge on any atom is -0.478 e. The lowest BCUT2D eigenvalue weighted by Gasteiger charge is -2.04. The van der Waals surface area contributed by atoms with Crippen LogP contribution >= 0.6 is 23.2 Å². The van der Waals surface area contributed by atoms with Crippen molar-refractivity contribution in [2.24, 2.45) is 5.10 Å². The average Bonchev–Trinajstić information content (AvgIpc) is 2.42. The minimum atomic E-state index is -1.03. The van der Waals surface area contributed by atoms with E-state index in [1.165, 1.54) is 24.4 Å². The molecule has 0 amide bonds. The molecule has 0 aromatic heterocycles. The van der Waals surface area contributed by atoms with E-state index in [1.807, 2.05) is 18.2 Å². The number of hydrogen-bond acceptors (Lipinski definition) is 3. The zero-order chi connectivity index (χ0) is 14.5. The lowest BCUT2D eigenvalue weighted by Crippen LogP contribution is -1.98. The molecule has 2 N–H and O–H groups in total. The fourth-order valence-corrected chi connectivity index (χ4v) is 1.84. The van der Waals surface area contributed by atoms with E-state index in [0.717, 1.165) is 5.56 Å². The lowest BCUT2D eigenvalue weighted by molar-refractivity contribution is 0.0697. The predicted octanol–water partition coefficient (Wildman–Crippen LogP) is 4.14. The summed E-state index contributed by atoms with van der Waals surface area (Å²) in [6.45, 7) is 0. The van der Waals surface area contributed by atoms with Crippen LogP contribution < -0.4 is 5.43 Å². The quantitative estimate of drug-likeness (QED) is 0.659. The van der Waals surface area contributed by atoms with Crippen molar-refractivity contribution in [1.29, 1.82) is 0 Å². The number of hydrazone groups is 1. The highest BCUT2D eigenvalue weighted by atomic mass is 35.5. The normalized spacial score (nSPS) is 10.7. The van der Waals surface area contributed by atoms with Crippen molar-refractivity contribution < 1.29 is 9.90 Å². The molecule has 0 radical (unpaired) electrons. The van der Waals surface area contributed by atoms with Crippen LogP contribution in [0.4, 0.5) is 5.69 Å². The Balaban J connectivity index is 2.17. The first kappa shape index (κ1) is 14.4. The molecule has 0 aliphatic rings. The number of aromatic carboxylic acids is 1. The van der Waals surface area contributed by atoms with Gasteiger partial charge in [-0.1, -0.05) is 41.4 Å². The van der Waals surface area contributed by atoms with E-state index in [4.69, 9.17) is 28.3 Å². The Kier molecular flexibility index (Phi) is 4.61. The highest BCUT2D eigenvalue weighted by Gasteiger charge is 2.06. The van der Waals surface area contributed by atoms with Gasteiger partial charge in [0.05, 0.1) is 22.5 Å². The number of carboxylic acid groups (broad SMARTS) is 1. The van der Waals surface area contributed by atoms with Crippen LogP contribution in [0.5, 0.6) is 0 Å². The van der Waals surface area contributed by atoms with Crippen LogP contribution in [0, 0.1) is 0 Å². The van der Waals surface area contributed by atoms with Crippen molar-refractivity contribution >= 4 is 41.1 Å². The van der Waals surface area contributed by atoms with Gasteiger partial charge >= 0.3 is 5.97 Å². The van der Waals surface area contributed by atoms with Gasteiger partial charge in [-0.25, -0.2) is 4.79 Å². The maximum atomic E-state index is 10.9. The molecule has 0 spiro atoms. The van der Waals surface area contributed by atoms with Crippen molar-refractivity contribution in [1.82, 2.24) is 0 Å². The molecule has 0 fully saturated rings. The summed E-state index contributed by atoms with van der Waals surface area (Å²) in [5, 5.41) is 13.9. The van der Waals surface area contributed by atoms with Crippen LogP contribution in [0.15, 0.2) is 47.6 Å². The van der Waals surface area contributed by atoms with E-state index in [2.05, 4.69) is 10.5 Å². The molecular weight excluding hydrogens is 299 g/mol. The summed E-state index contributed by atoms with van der Waals surface area (Å²) < 4.78 is 0. The van der Waals surface area contributed by atoms with Gasteiger partial charge in [0, 0.05) is 10.6 Å². The molecule has 20 heavy (non-hydrogen) atoms. The van der Waals surface area contributed by atoms with Gasteiger partial charge in [-0.3, -0.25) is 5.43 Å². The van der Waals surface area contributed by atoms with E-state index in [0.29, 0.717) is 15.7 Å². The first-order chi connectivity index (χ1) is 9.58. The summed E-state index contributed by atoms with van der Waals surface area (Å²) in [5.41, 5.74) is 3.98. The second-order valence-electron chi connectivity index (χ2n) is 3.89. The Bertz CT molecular complexity index is 672. The molecule has 0 aliphatic heterocycles. The van der Waals surface area contributed by atoms with E-state index < -0.39 is 5.97 Å². The molecule has 6 heteroatoms. The standard InChI is InChI=1S/C14H10Cl2N2O2/c15-11-4-2-1-3-10(11)8-17-18-13-7-9(14(19)20)5-6-12(13)16/h1-8,18H,(H,19,20)/b17-8-. The molecule has 2 aromatic rings. The molecule has 0 atom stereocenters. The predicted molar refractivity (Wildman–Crippen MR) is 81.1 cm³/mol. The van der Waals surface area contributed by atoms with Crippen LogP contribution in [0.25, 0.3) is 0 Å². The van der Waals surface area contributed by atoms with Crippen LogP contribution in [-0.4, -0.2) is 17.3 Å². The van der Waals surface area contributed by atoms with Crippen LogP contribution in [0.1, 0.15) is 15.9 Å². The van der Waals surface area contributed by atoms with Gasteiger partial charge in [0.25, 0.3) is 0 Å². The van der Waals surface area contributed by atoms with Gasteiger partial charge in [-0.15, -0.1) is 0 Å². The molecule has 0 bridgehead atoms. The third kappa shape index (κ3) is 3.50. The van der Waals surface area contributed by atoms with Crippen molar-refractivity contribution in [3.05, 3.63) is 63.6 Å². The Hall–Kier alpha value is -2.04. The van der Waals surface area contributed by atoms with E-state index in [-0.39, 0.29) is 5.56 Å². The zero-order valence-corrected chi connectivity index (χ0v) is 11.7. The molecule has 2 aromatic carbocycles. The van der Waals surface area contributed by atoms with Crippen LogP contribution in [0.2, 0.25) is 10.0 Å². The monoisotopic (exact) mass is 308 g/mol. The second-order valence-corrected chi connectivity index (χ2v) is 4.71. The molecule has 0 unspecified atom stereocenters. The third-order valence-electron chi connectivity index (χ3n) is 2.51. The number of benzene rings is 2. The van der Waals surface area contributed by atoms with Crippen molar-refractivity contribution in [2.45, 2.75) is 0 Å². The Morgan fingerprint density at radius 2 is 1.90 bits per heavy atom. The number of nitrogens with zero attached hydrogens (tertiary/aromatic N) is 1. The van der Waals surface area contributed by atoms with Gasteiger partial charge < -0.3 is 5.11 Å². The molecule has 0 saturated carbocycles. The Labute approximate surface area is 125 Å². The number of carbonyl (C=O) groups is 1. The highest BCUT2D eigenvalue weighted by Crippen LogP contribution is 2.23. The third-order valence-corrected chi connectivity index (χ3v) is 3.18. The summed E-state index contributed by atoms with van der Waals surface area (Å²) in [4.78, 5) is 10.9. The summed E-state index contributed by atoms with van der Waals surface area (Å²) in [6, 6.07) is 11.6. The summed E-state index contributed by atoms with van der Waals surface area (Å²) in [5.74, 6) is -1.03. The average molecular weight is 309 g/mol. The number of halogens is 2. The maximum absolute atomic E-state index is 10.9. The first-order valence-electron chi connectivity index (χ1n) is 5.64. The first-order valence-corrected chi connectivity index (χ1v) is 6.40. The number of nitrogens with one attached hydrogen (secondary N) is 1. The van der Waals surface area contributed by atoms with Gasteiger partial charge in [0.2, 0.25) is 0 Å². The fraction of sp³-hybridized carbons (Fsp3) is 0. The van der Waals surface area contributed by atoms with E-state index in [9.17, 15) is 4.79 Å². The van der Waals surface area contributed by atoms with Gasteiger partial charge in [-0.2, -0.15) is 5.10 Å². The minimum absolute atomic E-state index is 0.129. The molecular formula is C14H10Cl2N2O2. The summed E-state index contributed by atoms with van der Waals surface area (Å²) >= 11 is 11.9. The second kappa shape index (κ2) is 6.41. The van der Waals surface area contributed by atoms with Crippen molar-refractivity contribution in [3.8, 4) is 0 Å². The molecule has 4 nitrogen and oxygen atoms in total. The highest BCUT2D eigenvalue weighted by molar-refractivity contribution is 6.33. The van der Waals surface area contributed by atoms with Gasteiger partial charge in [-0.05, 0) is 24.3 Å². The number of hydrogen-bond donors (Lipinski definition) is 2. The van der Waals surface area contributed by atoms with Gasteiger partial charge in [0.1, 0.15) is 0 Å². The summed E-state index contributed by atoms with van der Waals surface area (Å²) in [6.07, 6.45) is 1.53. The molecule has 0 heterocycles. The molecule has 0 saturated heterocycles. The topological polar surface area (TPSA) is 61.7 Å². The van der Waals surface area contributed by atoms with E-state index in [1.54, 1.807) is 6.07 Å². The molecule has 2 rings (SSSR count). The maximum Gasteiger partial charge on any atom is 0.335 e. The zero-order valence-electron chi connectivity index (χ0n) is 10.2. The Morgan fingerprint density at radius 3 is 2.60 bits per heavy atom. The number of carboxylic acids is 1. The van der Waals surface area contributed by atoms with Crippen molar-refractivity contribution in [3.63, 3.8) is 0 Å². The molecule has 102 valence electrons. The summed E-state index contributed by atoms with van der Waals surface area (Å²) in [7, 11) is 0. The van der Waals surface area contributed by atoms with Gasteiger partial charge in [0.15, 0.2) is 0 Å². The fourth-order valence-electron chi connectivity index (χ4n) is 1.50. The number of anilines is 1. The largest absolute Gasteiger partial charge is 0.478 e. The smallest absolute Gasteiger partial charge is 0.335 e. The molecule has 0 aliphatic carbocycles. The lowest BCUT2D eigenvalue weighted by atomic mass is 10.2. The van der Waals surface area contributed by atoms with Crippen molar-refractivity contribution in [2.75, 3.05) is 5.43 Å². The SMILES string of the molecule is O=C(O)c1ccc(Cl)c(N/N=C\c2ccccc2Cl)c1. The Morgan fingerprint density at radius 1 is 1.15 bits per heavy atom. The van der Waals surface area contributed by atoms with E-state index >= 15 is 0 Å². The number of rotatable bonds is 4. The van der Waals surface area contributed by atoms with Crippen LogP contribution in [-0.2, 0) is 0 Å².